The van der Waals surface area contributed by atoms with Crippen molar-refractivity contribution in [2.45, 2.75) is 62.6 Å². The van der Waals surface area contributed by atoms with Gasteiger partial charge in [-0.15, -0.1) is 32.9 Å². The number of hydrogen-bond donors (Lipinski definition) is 3. The molecule has 4 N–H and O–H groups in total. The fourth-order valence-electron chi connectivity index (χ4n) is 6.26. The van der Waals surface area contributed by atoms with Gasteiger partial charge in [0.15, 0.2) is 5.82 Å². The number of likely N-dealkylation sites (tertiary alicyclic amines) is 1. The lowest BCUT2D eigenvalue weighted by atomic mass is 9.70. The average molecular weight is 519 g/mol. The first-order valence-corrected chi connectivity index (χ1v) is 14.1. The maximum absolute atomic E-state index is 9.60. The Morgan fingerprint density at radius 2 is 2.19 bits per heavy atom. The van der Waals surface area contributed by atoms with Crippen LogP contribution in [0.3, 0.4) is 0 Å². The minimum Gasteiger partial charge on any atom is -0.398 e. The van der Waals surface area contributed by atoms with Crippen LogP contribution in [-0.2, 0) is 18.3 Å². The van der Waals surface area contributed by atoms with Crippen molar-refractivity contribution < 1.29 is 0 Å². The molecule has 4 heterocycles. The van der Waals surface area contributed by atoms with Crippen LogP contribution < -0.4 is 11.1 Å². The van der Waals surface area contributed by atoms with Gasteiger partial charge in [0.05, 0.1) is 11.5 Å². The van der Waals surface area contributed by atoms with E-state index in [0.29, 0.717) is 30.0 Å². The van der Waals surface area contributed by atoms with E-state index < -0.39 is 5.41 Å². The number of nitrogens with two attached hydrogens (primary N) is 1. The van der Waals surface area contributed by atoms with E-state index in [1.165, 1.54) is 27.3 Å². The number of nitrogens with zero attached hydrogens (tertiary/aromatic N) is 5. The quantitative estimate of drug-likeness (QED) is 0.417. The molecule has 0 aromatic carbocycles. The van der Waals surface area contributed by atoms with Crippen molar-refractivity contribution in [3.8, 4) is 6.07 Å². The number of piperidine rings is 1. The van der Waals surface area contributed by atoms with E-state index in [1.807, 2.05) is 0 Å². The van der Waals surface area contributed by atoms with Gasteiger partial charge in [0.25, 0.3) is 0 Å². The summed E-state index contributed by atoms with van der Waals surface area (Å²) in [5, 5.41) is 31.2. The third-order valence-corrected chi connectivity index (χ3v) is 10.2. The van der Waals surface area contributed by atoms with Gasteiger partial charge >= 0.3 is 0 Å². The highest BCUT2D eigenvalue weighted by molar-refractivity contribution is 7.13. The molecule has 2 aliphatic carbocycles. The van der Waals surface area contributed by atoms with Gasteiger partial charge in [-0.05, 0) is 73.6 Å². The number of aromatic nitrogens is 4. The molecule has 10 heteroatoms. The average Bonchev–Trinajstić information content (AvgIpc) is 3.39. The Bertz CT molecular complexity index is 1350. The number of tetrazole rings is 1. The number of aryl methyl sites for hydroxylation is 2. The molecule has 5 atom stereocenters. The summed E-state index contributed by atoms with van der Waals surface area (Å²) in [6.07, 6.45) is 4.82. The van der Waals surface area contributed by atoms with Gasteiger partial charge in [0.2, 0.25) is 0 Å². The van der Waals surface area contributed by atoms with Gasteiger partial charge in [-0.3, -0.25) is 0 Å². The third kappa shape index (κ3) is 3.69. The summed E-state index contributed by atoms with van der Waals surface area (Å²) in [4.78, 5) is 5.91. The summed E-state index contributed by atoms with van der Waals surface area (Å²) in [6.45, 7) is 11.2. The molecule has 186 valence electrons. The number of nitriles is 1. The molecule has 0 amide bonds. The van der Waals surface area contributed by atoms with E-state index in [4.69, 9.17) is 5.73 Å². The topological polar surface area (TPSA) is 120 Å². The van der Waals surface area contributed by atoms with E-state index in [1.54, 1.807) is 22.7 Å². The van der Waals surface area contributed by atoms with Crippen LogP contribution in [-0.4, -0.2) is 50.2 Å². The van der Waals surface area contributed by atoms with Crippen molar-refractivity contribution in [3.63, 3.8) is 0 Å². The van der Waals surface area contributed by atoms with Crippen LogP contribution in [0.15, 0.2) is 36.4 Å². The van der Waals surface area contributed by atoms with Crippen molar-refractivity contribution in [3.05, 3.63) is 68.0 Å². The predicted molar refractivity (Wildman–Crippen MR) is 142 cm³/mol. The van der Waals surface area contributed by atoms with E-state index in [0.717, 1.165) is 36.3 Å². The number of hydrogen-bond acceptors (Lipinski definition) is 9. The van der Waals surface area contributed by atoms with Crippen molar-refractivity contribution >= 4 is 28.4 Å². The Labute approximate surface area is 218 Å². The Morgan fingerprint density at radius 3 is 2.94 bits per heavy atom. The highest BCUT2D eigenvalue weighted by atomic mass is 32.1. The van der Waals surface area contributed by atoms with Gasteiger partial charge in [0, 0.05) is 44.7 Å². The van der Waals surface area contributed by atoms with Crippen molar-refractivity contribution in [2.75, 3.05) is 6.54 Å². The molecule has 8 nitrogen and oxygen atoms in total. The van der Waals surface area contributed by atoms with Crippen molar-refractivity contribution in [1.29, 1.82) is 5.26 Å². The number of nitrogens with one attached hydrogen (secondary N) is 2. The second-order valence-corrected chi connectivity index (χ2v) is 12.4. The van der Waals surface area contributed by atoms with E-state index in [2.05, 4.69) is 74.5 Å². The normalized spacial score (nSPS) is 26.9. The standard InChI is InChI=1S/C26H30N8S2/c1-14(29-13-15(2)34-18(12-27)8-17-9-21(17)34)11-26(25-30-32-33-31-25)19-6-7-35-22(19)4-5-23-20(26)10-24(36-23)16(3)28/h6-7,10,14,17-18,21,29H,2-5,8-9,11,13,28H2,1H3,(H,30,31,32,33)/t14-,17+,18?,21-,26?/m0/s1. The smallest absolute Gasteiger partial charge is 0.189 e. The number of thiophene rings is 2. The van der Waals surface area contributed by atoms with Gasteiger partial charge < -0.3 is 16.0 Å². The SMILES string of the molecule is C=C(N)c1cc2c(s1)CCc1sccc1C2(C[C@H](C)NCC(=C)N1C(C#N)C[C@@H]2C[C@@H]21)c1nn[nH]n1. The highest BCUT2D eigenvalue weighted by Crippen LogP contribution is 2.51. The second kappa shape index (κ2) is 8.83. The van der Waals surface area contributed by atoms with Gasteiger partial charge in [-0.2, -0.15) is 10.5 Å². The number of fused-ring (bicyclic) bond motifs is 3. The van der Waals surface area contributed by atoms with Gasteiger partial charge in [0.1, 0.15) is 6.04 Å². The van der Waals surface area contributed by atoms with Crippen LogP contribution >= 0.6 is 22.7 Å². The molecule has 1 aliphatic heterocycles. The zero-order valence-corrected chi connectivity index (χ0v) is 22.0. The number of rotatable bonds is 8. The monoisotopic (exact) mass is 518 g/mol. The first kappa shape index (κ1) is 23.4. The molecule has 0 radical (unpaired) electrons. The highest BCUT2D eigenvalue weighted by Gasteiger charge is 2.52. The second-order valence-electron chi connectivity index (χ2n) is 10.3. The molecule has 1 saturated carbocycles. The first-order chi connectivity index (χ1) is 17.4. The largest absolute Gasteiger partial charge is 0.398 e. The van der Waals surface area contributed by atoms with Crippen LogP contribution in [0.2, 0.25) is 0 Å². The summed E-state index contributed by atoms with van der Waals surface area (Å²) in [6, 6.07) is 7.44. The van der Waals surface area contributed by atoms with Crippen LogP contribution in [0.25, 0.3) is 5.70 Å². The lowest BCUT2D eigenvalue weighted by Crippen LogP contribution is -2.42. The minimum absolute atomic E-state index is 0.0459. The van der Waals surface area contributed by atoms with Crippen LogP contribution in [0.1, 0.15) is 57.8 Å². The fraction of sp³-hybridized carbons (Fsp3) is 0.462. The van der Waals surface area contributed by atoms with E-state index in [9.17, 15) is 5.26 Å². The fourth-order valence-corrected chi connectivity index (χ4v) is 8.33. The molecular weight excluding hydrogens is 488 g/mol. The Morgan fingerprint density at radius 1 is 1.36 bits per heavy atom. The number of aromatic amines is 1. The Hall–Kier alpha value is -3.00. The van der Waals surface area contributed by atoms with Crippen LogP contribution in [0.4, 0.5) is 0 Å². The molecular formula is C26H30N8S2. The lowest BCUT2D eigenvalue weighted by Gasteiger charge is -2.35. The van der Waals surface area contributed by atoms with Crippen molar-refractivity contribution in [1.82, 2.24) is 30.8 Å². The summed E-state index contributed by atoms with van der Waals surface area (Å²) in [7, 11) is 0. The maximum atomic E-state index is 9.60. The van der Waals surface area contributed by atoms with Crippen molar-refractivity contribution in [2.24, 2.45) is 11.7 Å². The minimum atomic E-state index is -0.559. The Balaban J connectivity index is 1.33. The molecule has 3 aliphatic rings. The first-order valence-electron chi connectivity index (χ1n) is 12.4. The zero-order chi connectivity index (χ0) is 25.0. The van der Waals surface area contributed by atoms with Gasteiger partial charge in [-0.1, -0.05) is 18.4 Å². The summed E-state index contributed by atoms with van der Waals surface area (Å²) in [5.41, 5.74) is 9.62. The van der Waals surface area contributed by atoms with Crippen LogP contribution in [0.5, 0.6) is 0 Å². The molecule has 36 heavy (non-hydrogen) atoms. The molecule has 0 bridgehead atoms. The lowest BCUT2D eigenvalue weighted by molar-refractivity contribution is 0.310. The summed E-state index contributed by atoms with van der Waals surface area (Å²) >= 11 is 3.52. The maximum Gasteiger partial charge on any atom is 0.189 e. The van der Waals surface area contributed by atoms with Gasteiger partial charge in [-0.25, -0.2) is 0 Å². The molecule has 3 aromatic rings. The molecule has 6 rings (SSSR count). The predicted octanol–water partition coefficient (Wildman–Crippen LogP) is 3.55. The van der Waals surface area contributed by atoms with E-state index >= 15 is 0 Å². The molecule has 2 unspecified atom stereocenters. The molecule has 2 fully saturated rings. The van der Waals surface area contributed by atoms with E-state index in [-0.39, 0.29) is 12.1 Å². The molecule has 3 aromatic heterocycles. The molecule has 1 saturated heterocycles. The Kier molecular flexibility index (Phi) is 5.74. The summed E-state index contributed by atoms with van der Waals surface area (Å²) < 4.78 is 0. The summed E-state index contributed by atoms with van der Waals surface area (Å²) in [5.74, 6) is 1.34. The number of H-pyrrole nitrogens is 1. The third-order valence-electron chi connectivity index (χ3n) is 7.98. The molecule has 0 spiro atoms. The van der Waals surface area contributed by atoms with Crippen LogP contribution in [0, 0.1) is 17.2 Å². The zero-order valence-electron chi connectivity index (χ0n) is 20.3.